The summed E-state index contributed by atoms with van der Waals surface area (Å²) in [6.45, 7) is 1.41. The third kappa shape index (κ3) is 3.78. The zero-order valence-electron chi connectivity index (χ0n) is 10.8. The molecule has 1 fully saturated rings. The summed E-state index contributed by atoms with van der Waals surface area (Å²) in [7, 11) is -3.45. The maximum atomic E-state index is 12.1. The molecular formula is C13H18N2O3S. The highest BCUT2D eigenvalue weighted by molar-refractivity contribution is 7.89. The lowest BCUT2D eigenvalue weighted by Gasteiger charge is -2.12. The van der Waals surface area contributed by atoms with Crippen LogP contribution in [0.2, 0.25) is 0 Å². The van der Waals surface area contributed by atoms with Crippen LogP contribution in [0.25, 0.3) is 0 Å². The number of anilines is 1. The van der Waals surface area contributed by atoms with Crippen LogP contribution >= 0.6 is 0 Å². The first-order valence-corrected chi connectivity index (χ1v) is 7.86. The highest BCUT2D eigenvalue weighted by Gasteiger charge is 2.22. The Kier molecular flexibility index (Phi) is 4.21. The molecule has 0 saturated heterocycles. The molecule has 0 aliphatic heterocycles. The number of nitrogens with one attached hydrogen (secondary N) is 2. The average molecular weight is 282 g/mol. The van der Waals surface area contributed by atoms with Crippen molar-refractivity contribution in [1.82, 2.24) is 4.72 Å². The molecule has 1 amide bonds. The lowest BCUT2D eigenvalue weighted by atomic mass is 10.3. The van der Waals surface area contributed by atoms with Crippen LogP contribution in [0.15, 0.2) is 29.2 Å². The second kappa shape index (κ2) is 5.71. The smallest absolute Gasteiger partial charge is 0.240 e. The van der Waals surface area contributed by atoms with Gasteiger partial charge in [0.15, 0.2) is 0 Å². The fourth-order valence-corrected chi connectivity index (χ4v) is 3.56. The fourth-order valence-electron chi connectivity index (χ4n) is 2.25. The zero-order valence-corrected chi connectivity index (χ0v) is 11.7. The maximum absolute atomic E-state index is 12.1. The van der Waals surface area contributed by atoms with Crippen molar-refractivity contribution in [1.29, 1.82) is 0 Å². The second-order valence-corrected chi connectivity index (χ2v) is 6.52. The van der Waals surface area contributed by atoms with Gasteiger partial charge in [-0.05, 0) is 37.1 Å². The SMILES string of the molecule is CC(=O)Nc1ccc(S(=O)(=O)NC2CCCC2)cc1. The molecule has 0 atom stereocenters. The normalized spacial score (nSPS) is 16.5. The van der Waals surface area contributed by atoms with Crippen molar-refractivity contribution in [3.05, 3.63) is 24.3 Å². The molecular weight excluding hydrogens is 264 g/mol. The third-order valence-corrected chi connectivity index (χ3v) is 4.70. The lowest BCUT2D eigenvalue weighted by molar-refractivity contribution is -0.114. The first kappa shape index (κ1) is 14.0. The molecule has 5 nitrogen and oxygen atoms in total. The molecule has 0 unspecified atom stereocenters. The minimum atomic E-state index is -3.45. The van der Waals surface area contributed by atoms with Crippen molar-refractivity contribution >= 4 is 21.6 Å². The van der Waals surface area contributed by atoms with E-state index < -0.39 is 10.0 Å². The fraction of sp³-hybridized carbons (Fsp3) is 0.462. The third-order valence-electron chi connectivity index (χ3n) is 3.16. The van der Waals surface area contributed by atoms with E-state index in [4.69, 9.17) is 0 Å². The Hall–Kier alpha value is -1.40. The van der Waals surface area contributed by atoms with Gasteiger partial charge >= 0.3 is 0 Å². The molecule has 1 saturated carbocycles. The van der Waals surface area contributed by atoms with E-state index in [1.54, 1.807) is 12.1 Å². The predicted octanol–water partition coefficient (Wildman–Crippen LogP) is 1.87. The number of amides is 1. The average Bonchev–Trinajstić information content (AvgIpc) is 2.81. The van der Waals surface area contributed by atoms with E-state index in [1.807, 2.05) is 0 Å². The Labute approximate surface area is 113 Å². The zero-order chi connectivity index (χ0) is 13.9. The van der Waals surface area contributed by atoms with Crippen molar-refractivity contribution < 1.29 is 13.2 Å². The molecule has 104 valence electrons. The van der Waals surface area contributed by atoms with Gasteiger partial charge in [0.2, 0.25) is 15.9 Å². The first-order valence-electron chi connectivity index (χ1n) is 6.37. The standard InChI is InChI=1S/C13H18N2O3S/c1-10(16)14-11-6-8-13(9-7-11)19(17,18)15-12-4-2-3-5-12/h6-9,12,15H,2-5H2,1H3,(H,14,16). The quantitative estimate of drug-likeness (QED) is 0.885. The van der Waals surface area contributed by atoms with E-state index >= 15 is 0 Å². The molecule has 2 rings (SSSR count). The van der Waals surface area contributed by atoms with Gasteiger partial charge in [0.1, 0.15) is 0 Å². The summed E-state index contributed by atoms with van der Waals surface area (Å²) in [5.74, 6) is -0.181. The molecule has 0 bridgehead atoms. The van der Waals surface area contributed by atoms with Gasteiger partial charge in [0.05, 0.1) is 4.90 Å². The van der Waals surface area contributed by atoms with E-state index in [1.165, 1.54) is 19.1 Å². The summed E-state index contributed by atoms with van der Waals surface area (Å²) >= 11 is 0. The van der Waals surface area contributed by atoms with Crippen LogP contribution in [-0.4, -0.2) is 20.4 Å². The van der Waals surface area contributed by atoms with Crippen LogP contribution in [0.3, 0.4) is 0 Å². The van der Waals surface area contributed by atoms with E-state index in [0.29, 0.717) is 5.69 Å². The van der Waals surface area contributed by atoms with Crippen molar-refractivity contribution in [3.63, 3.8) is 0 Å². The molecule has 1 aromatic rings. The van der Waals surface area contributed by atoms with E-state index in [-0.39, 0.29) is 16.8 Å². The largest absolute Gasteiger partial charge is 0.326 e. The van der Waals surface area contributed by atoms with Crippen molar-refractivity contribution in [2.24, 2.45) is 0 Å². The molecule has 0 spiro atoms. The van der Waals surface area contributed by atoms with Crippen LogP contribution in [0.1, 0.15) is 32.6 Å². The van der Waals surface area contributed by atoms with Gasteiger partial charge in [-0.1, -0.05) is 12.8 Å². The maximum Gasteiger partial charge on any atom is 0.240 e. The van der Waals surface area contributed by atoms with Crippen molar-refractivity contribution in [2.75, 3.05) is 5.32 Å². The molecule has 1 aromatic carbocycles. The number of sulfonamides is 1. The lowest BCUT2D eigenvalue weighted by Crippen LogP contribution is -2.32. The van der Waals surface area contributed by atoms with Crippen LogP contribution in [-0.2, 0) is 14.8 Å². The van der Waals surface area contributed by atoms with Crippen LogP contribution < -0.4 is 10.0 Å². The highest BCUT2D eigenvalue weighted by Crippen LogP contribution is 2.21. The van der Waals surface area contributed by atoms with Crippen molar-refractivity contribution in [3.8, 4) is 0 Å². The van der Waals surface area contributed by atoms with Gasteiger partial charge in [-0.3, -0.25) is 4.79 Å². The minimum Gasteiger partial charge on any atom is -0.326 e. The topological polar surface area (TPSA) is 75.3 Å². The van der Waals surface area contributed by atoms with Gasteiger partial charge in [0, 0.05) is 18.7 Å². The number of hydrogen-bond acceptors (Lipinski definition) is 3. The van der Waals surface area contributed by atoms with Crippen LogP contribution in [0, 0.1) is 0 Å². The van der Waals surface area contributed by atoms with Gasteiger partial charge in [-0.2, -0.15) is 0 Å². The first-order chi connectivity index (χ1) is 8.97. The van der Waals surface area contributed by atoms with Crippen LogP contribution in [0.5, 0.6) is 0 Å². The summed E-state index contributed by atoms with van der Waals surface area (Å²) < 4.78 is 27.0. The summed E-state index contributed by atoms with van der Waals surface area (Å²) in [6, 6.07) is 6.24. The van der Waals surface area contributed by atoms with Gasteiger partial charge in [-0.25, -0.2) is 13.1 Å². The molecule has 0 heterocycles. The summed E-state index contributed by atoms with van der Waals surface area (Å²) in [5.41, 5.74) is 0.590. The molecule has 19 heavy (non-hydrogen) atoms. The van der Waals surface area contributed by atoms with E-state index in [0.717, 1.165) is 25.7 Å². The van der Waals surface area contributed by atoms with Gasteiger partial charge in [0.25, 0.3) is 0 Å². The Morgan fingerprint density at radius 1 is 1.16 bits per heavy atom. The Morgan fingerprint density at radius 2 is 1.74 bits per heavy atom. The number of carbonyl (C=O) groups is 1. The number of benzene rings is 1. The number of rotatable bonds is 4. The monoisotopic (exact) mass is 282 g/mol. The van der Waals surface area contributed by atoms with E-state index in [9.17, 15) is 13.2 Å². The van der Waals surface area contributed by atoms with Crippen molar-refractivity contribution in [2.45, 2.75) is 43.5 Å². The Balaban J connectivity index is 2.09. The van der Waals surface area contributed by atoms with Crippen LogP contribution in [0.4, 0.5) is 5.69 Å². The van der Waals surface area contributed by atoms with E-state index in [2.05, 4.69) is 10.0 Å². The summed E-state index contributed by atoms with van der Waals surface area (Å²) in [5, 5.41) is 2.60. The molecule has 6 heteroatoms. The number of carbonyl (C=O) groups excluding carboxylic acids is 1. The highest BCUT2D eigenvalue weighted by atomic mass is 32.2. The molecule has 1 aliphatic carbocycles. The second-order valence-electron chi connectivity index (χ2n) is 4.81. The molecule has 1 aliphatic rings. The molecule has 0 radical (unpaired) electrons. The minimum absolute atomic E-state index is 0.0556. The van der Waals surface area contributed by atoms with Gasteiger partial charge in [-0.15, -0.1) is 0 Å². The summed E-state index contributed by atoms with van der Waals surface area (Å²) in [4.78, 5) is 11.1. The Bertz CT molecular complexity index is 546. The predicted molar refractivity (Wildman–Crippen MR) is 73.3 cm³/mol. The number of hydrogen-bond donors (Lipinski definition) is 2. The molecule has 2 N–H and O–H groups in total. The molecule has 0 aromatic heterocycles. The Morgan fingerprint density at radius 3 is 2.26 bits per heavy atom. The summed E-state index contributed by atoms with van der Waals surface area (Å²) in [6.07, 6.45) is 3.97. The van der Waals surface area contributed by atoms with Gasteiger partial charge < -0.3 is 5.32 Å².